The van der Waals surface area contributed by atoms with Crippen molar-refractivity contribution < 1.29 is 18.8 Å². The summed E-state index contributed by atoms with van der Waals surface area (Å²) in [6.45, 7) is 2.62. The van der Waals surface area contributed by atoms with Crippen molar-refractivity contribution in [3.8, 4) is 17.2 Å². The van der Waals surface area contributed by atoms with Gasteiger partial charge in [-0.2, -0.15) is 0 Å². The van der Waals surface area contributed by atoms with Crippen LogP contribution >= 0.6 is 0 Å². The average molecular weight is 366 g/mol. The molecule has 0 saturated carbocycles. The number of nitrogens with zero attached hydrogens (tertiary/aromatic N) is 2. The van der Waals surface area contributed by atoms with E-state index in [0.717, 1.165) is 53.2 Å². The van der Waals surface area contributed by atoms with E-state index < -0.39 is 0 Å². The van der Waals surface area contributed by atoms with Crippen LogP contribution in [0.15, 0.2) is 41.1 Å². The lowest BCUT2D eigenvalue weighted by molar-refractivity contribution is 0.0514. The first-order chi connectivity index (χ1) is 13.2. The van der Waals surface area contributed by atoms with Gasteiger partial charge in [-0.15, -0.1) is 0 Å². The molecule has 140 valence electrons. The minimum absolute atomic E-state index is 0.330. The third-order valence-corrected chi connectivity index (χ3v) is 4.93. The van der Waals surface area contributed by atoms with Crippen molar-refractivity contribution in [3.05, 3.63) is 58.9 Å². The third-order valence-electron chi connectivity index (χ3n) is 4.93. The molecule has 3 aromatic rings. The Balaban J connectivity index is 1.89. The summed E-state index contributed by atoms with van der Waals surface area (Å²) in [7, 11) is 1.65. The predicted molar refractivity (Wildman–Crippen MR) is 100 cm³/mol. The largest absolute Gasteiger partial charge is 0.496 e. The maximum atomic E-state index is 12.6. The Bertz CT molecular complexity index is 970. The Morgan fingerprint density at radius 1 is 1.26 bits per heavy atom. The van der Waals surface area contributed by atoms with Crippen LogP contribution in [0.25, 0.3) is 11.5 Å². The number of rotatable bonds is 5. The predicted octanol–water partition coefficient (Wildman–Crippen LogP) is 3.87. The van der Waals surface area contributed by atoms with Crippen LogP contribution in [0.1, 0.15) is 40.5 Å². The Morgan fingerprint density at radius 2 is 2.07 bits per heavy atom. The molecule has 0 radical (unpaired) electrons. The Kier molecular flexibility index (Phi) is 4.71. The second-order valence-corrected chi connectivity index (χ2v) is 6.56. The van der Waals surface area contributed by atoms with Gasteiger partial charge in [-0.05, 0) is 43.9 Å². The van der Waals surface area contributed by atoms with Crippen LogP contribution in [0.2, 0.25) is 0 Å². The molecule has 0 atom stereocenters. The van der Waals surface area contributed by atoms with Crippen molar-refractivity contribution in [2.24, 2.45) is 0 Å². The van der Waals surface area contributed by atoms with Crippen LogP contribution in [-0.2, 0) is 24.1 Å². The fourth-order valence-electron chi connectivity index (χ4n) is 3.71. The summed E-state index contributed by atoms with van der Waals surface area (Å²) >= 11 is 0. The number of methoxy groups -OCH3 is 1. The molecule has 6 heteroatoms. The topological polar surface area (TPSA) is 66.5 Å². The fraction of sp³-hybridized carbons (Fsp3) is 0.333. The van der Waals surface area contributed by atoms with E-state index in [9.17, 15) is 4.79 Å². The van der Waals surface area contributed by atoms with E-state index in [1.165, 1.54) is 0 Å². The van der Waals surface area contributed by atoms with Gasteiger partial charge in [0, 0.05) is 11.1 Å². The van der Waals surface area contributed by atoms with Crippen molar-refractivity contribution in [1.29, 1.82) is 0 Å². The summed E-state index contributed by atoms with van der Waals surface area (Å²) in [4.78, 5) is 12.6. The van der Waals surface area contributed by atoms with E-state index in [1.54, 1.807) is 13.3 Å². The highest BCUT2D eigenvalue weighted by molar-refractivity contribution is 5.90. The molecule has 2 aromatic heterocycles. The van der Waals surface area contributed by atoms with E-state index in [4.69, 9.17) is 14.0 Å². The molecule has 0 saturated heterocycles. The lowest BCUT2D eigenvalue weighted by atomic mass is 10.1. The second kappa shape index (κ2) is 7.31. The van der Waals surface area contributed by atoms with Crippen LogP contribution in [0.5, 0.6) is 5.75 Å². The SMILES string of the molecule is CCOC(=O)c1cc2c(n1Cc1ccccc1OC)-c1oncc1CCC2. The van der Waals surface area contributed by atoms with Gasteiger partial charge in [0.25, 0.3) is 0 Å². The molecule has 4 rings (SSSR count). The first-order valence-electron chi connectivity index (χ1n) is 9.18. The number of aromatic nitrogens is 2. The van der Waals surface area contributed by atoms with Gasteiger partial charge in [0.2, 0.25) is 0 Å². The van der Waals surface area contributed by atoms with Crippen molar-refractivity contribution >= 4 is 5.97 Å². The van der Waals surface area contributed by atoms with E-state index in [0.29, 0.717) is 18.8 Å². The van der Waals surface area contributed by atoms with E-state index >= 15 is 0 Å². The molecule has 6 nitrogen and oxygen atoms in total. The van der Waals surface area contributed by atoms with Gasteiger partial charge in [-0.3, -0.25) is 0 Å². The number of hydrogen-bond donors (Lipinski definition) is 0. The number of carbonyl (C=O) groups excluding carboxylic acids is 1. The van der Waals surface area contributed by atoms with E-state index in [1.807, 2.05) is 41.8 Å². The number of hydrogen-bond acceptors (Lipinski definition) is 5. The first kappa shape index (κ1) is 17.4. The number of fused-ring (bicyclic) bond motifs is 3. The molecule has 1 aliphatic rings. The van der Waals surface area contributed by atoms with Gasteiger partial charge >= 0.3 is 5.97 Å². The monoisotopic (exact) mass is 366 g/mol. The Hall–Kier alpha value is -3.02. The smallest absolute Gasteiger partial charge is 0.354 e. The third kappa shape index (κ3) is 3.12. The van der Waals surface area contributed by atoms with E-state index in [2.05, 4.69) is 5.16 Å². The molecule has 0 aliphatic heterocycles. The summed E-state index contributed by atoms with van der Waals surface area (Å²) in [5.74, 6) is 1.19. The normalized spacial score (nSPS) is 12.8. The number of carbonyl (C=O) groups is 1. The molecule has 27 heavy (non-hydrogen) atoms. The zero-order valence-electron chi connectivity index (χ0n) is 15.5. The highest BCUT2D eigenvalue weighted by Gasteiger charge is 2.28. The summed E-state index contributed by atoms with van der Waals surface area (Å²) in [5.41, 5.74) is 4.58. The van der Waals surface area contributed by atoms with Gasteiger partial charge in [0.05, 0.1) is 32.2 Å². The number of esters is 1. The van der Waals surface area contributed by atoms with Crippen LogP contribution in [0.4, 0.5) is 0 Å². The van der Waals surface area contributed by atoms with Gasteiger partial charge in [-0.25, -0.2) is 4.79 Å². The van der Waals surface area contributed by atoms with Crippen molar-refractivity contribution in [1.82, 2.24) is 9.72 Å². The maximum absolute atomic E-state index is 12.6. The molecule has 1 aliphatic carbocycles. The van der Waals surface area contributed by atoms with Crippen LogP contribution in [0.3, 0.4) is 0 Å². The maximum Gasteiger partial charge on any atom is 0.354 e. The van der Waals surface area contributed by atoms with Crippen molar-refractivity contribution in [2.45, 2.75) is 32.7 Å². The number of ether oxygens (including phenoxy) is 2. The second-order valence-electron chi connectivity index (χ2n) is 6.56. The van der Waals surface area contributed by atoms with Crippen molar-refractivity contribution in [3.63, 3.8) is 0 Å². The molecule has 0 fully saturated rings. The molecule has 2 heterocycles. The van der Waals surface area contributed by atoms with Crippen LogP contribution in [-0.4, -0.2) is 29.4 Å². The van der Waals surface area contributed by atoms with Crippen LogP contribution < -0.4 is 4.74 Å². The van der Waals surface area contributed by atoms with Gasteiger partial charge < -0.3 is 18.6 Å². The van der Waals surface area contributed by atoms with Crippen LogP contribution in [0, 0.1) is 0 Å². The first-order valence-corrected chi connectivity index (χ1v) is 9.18. The Morgan fingerprint density at radius 3 is 2.89 bits per heavy atom. The minimum Gasteiger partial charge on any atom is -0.496 e. The molecule has 1 aromatic carbocycles. The zero-order valence-corrected chi connectivity index (χ0v) is 15.5. The molecule has 0 spiro atoms. The lowest BCUT2D eigenvalue weighted by Gasteiger charge is -2.15. The quantitative estimate of drug-likeness (QED) is 0.642. The summed E-state index contributed by atoms with van der Waals surface area (Å²) in [6.07, 6.45) is 4.55. The molecule has 0 amide bonds. The fourth-order valence-corrected chi connectivity index (χ4v) is 3.71. The molecule has 0 N–H and O–H groups in total. The highest BCUT2D eigenvalue weighted by Crippen LogP contribution is 2.36. The molecule has 0 bridgehead atoms. The summed E-state index contributed by atoms with van der Waals surface area (Å²) in [5, 5.41) is 3.99. The zero-order chi connectivity index (χ0) is 18.8. The standard InChI is InChI=1S/C21H22N2O4/c1-3-26-21(24)17-11-14-8-6-9-15-12-22-27-20(15)19(14)23(17)13-16-7-4-5-10-18(16)25-2/h4-5,7,10-12H,3,6,8-9,13H2,1-2H3. The molecular formula is C21H22N2O4. The highest BCUT2D eigenvalue weighted by atomic mass is 16.5. The minimum atomic E-state index is -0.332. The number of benzene rings is 1. The summed E-state index contributed by atoms with van der Waals surface area (Å²) in [6, 6.07) is 9.74. The van der Waals surface area contributed by atoms with Crippen molar-refractivity contribution in [2.75, 3.05) is 13.7 Å². The average Bonchev–Trinajstić information content (AvgIpc) is 3.23. The number of aryl methyl sites for hydroxylation is 2. The lowest BCUT2D eigenvalue weighted by Crippen LogP contribution is -2.14. The number of para-hydroxylation sites is 1. The summed E-state index contributed by atoms with van der Waals surface area (Å²) < 4.78 is 18.4. The van der Waals surface area contributed by atoms with Gasteiger partial charge in [0.1, 0.15) is 11.4 Å². The van der Waals surface area contributed by atoms with Gasteiger partial charge in [-0.1, -0.05) is 23.4 Å². The molecule has 0 unspecified atom stereocenters. The van der Waals surface area contributed by atoms with Gasteiger partial charge in [0.15, 0.2) is 5.76 Å². The molecular weight excluding hydrogens is 344 g/mol. The van der Waals surface area contributed by atoms with E-state index in [-0.39, 0.29) is 5.97 Å². The Labute approximate surface area is 157 Å².